The predicted octanol–water partition coefficient (Wildman–Crippen LogP) is 1.25. The number of aryl methyl sites for hydroxylation is 1. The van der Waals surface area contributed by atoms with Gasteiger partial charge in [-0.15, -0.1) is 0 Å². The fourth-order valence-electron chi connectivity index (χ4n) is 3.20. The van der Waals surface area contributed by atoms with Crippen molar-refractivity contribution in [3.63, 3.8) is 0 Å². The highest BCUT2D eigenvalue weighted by molar-refractivity contribution is 5.79. The molecule has 2 aliphatic heterocycles. The van der Waals surface area contributed by atoms with Gasteiger partial charge in [0.15, 0.2) is 11.6 Å². The van der Waals surface area contributed by atoms with E-state index in [0.717, 1.165) is 12.8 Å². The number of hydrogen-bond acceptors (Lipinski definition) is 5. The van der Waals surface area contributed by atoms with E-state index in [4.69, 9.17) is 4.74 Å². The lowest BCUT2D eigenvalue weighted by atomic mass is 10.1. The lowest BCUT2D eigenvalue weighted by Crippen LogP contribution is -2.39. The summed E-state index contributed by atoms with van der Waals surface area (Å²) in [5.41, 5.74) is 0.440. The Kier molecular flexibility index (Phi) is 5.05. The van der Waals surface area contributed by atoms with Crippen molar-refractivity contribution in [3.05, 3.63) is 17.8 Å². The lowest BCUT2D eigenvalue weighted by molar-refractivity contribution is -0.135. The second kappa shape index (κ2) is 7.21. The Hall–Kier alpha value is -1.76. The molecule has 3 rings (SSSR count). The van der Waals surface area contributed by atoms with Crippen molar-refractivity contribution in [2.75, 3.05) is 44.3 Å². The minimum absolute atomic E-state index is 0.0102. The van der Waals surface area contributed by atoms with Gasteiger partial charge in [0.25, 0.3) is 0 Å². The third-order valence-corrected chi connectivity index (χ3v) is 4.56. The van der Waals surface area contributed by atoms with E-state index >= 15 is 0 Å². The number of anilines is 1. The van der Waals surface area contributed by atoms with Crippen LogP contribution in [0, 0.1) is 11.7 Å². The number of hydrogen-bond donors (Lipinski definition) is 0. The topological polar surface area (TPSA) is 58.6 Å². The molecule has 0 aromatic carbocycles. The van der Waals surface area contributed by atoms with Gasteiger partial charge in [-0.25, -0.2) is 14.4 Å². The molecule has 1 aromatic rings. The van der Waals surface area contributed by atoms with Crippen LogP contribution >= 0.6 is 0 Å². The predicted molar refractivity (Wildman–Crippen MR) is 83.7 cm³/mol. The maximum Gasteiger partial charge on any atom is 0.228 e. The van der Waals surface area contributed by atoms with Crippen molar-refractivity contribution in [2.24, 2.45) is 5.92 Å². The molecule has 2 saturated heterocycles. The molecular formula is C16H23FN4O2. The zero-order chi connectivity index (χ0) is 16.2. The third kappa shape index (κ3) is 3.44. The van der Waals surface area contributed by atoms with Gasteiger partial charge in [-0.2, -0.15) is 0 Å². The SMILES string of the molecule is CCc1ncnc(N2CCCN(C(=O)C3CCOC3)CC2)c1F. The molecule has 7 heteroatoms. The van der Waals surface area contributed by atoms with E-state index < -0.39 is 0 Å². The fourth-order valence-corrected chi connectivity index (χ4v) is 3.20. The Morgan fingerprint density at radius 2 is 2.22 bits per heavy atom. The maximum atomic E-state index is 14.4. The van der Waals surface area contributed by atoms with Crippen LogP contribution in [0.25, 0.3) is 0 Å². The van der Waals surface area contributed by atoms with E-state index in [-0.39, 0.29) is 17.6 Å². The molecule has 1 unspecified atom stereocenters. The van der Waals surface area contributed by atoms with E-state index in [0.29, 0.717) is 57.3 Å². The zero-order valence-electron chi connectivity index (χ0n) is 13.5. The normalized spacial score (nSPS) is 22.3. The summed E-state index contributed by atoms with van der Waals surface area (Å²) >= 11 is 0. The molecule has 23 heavy (non-hydrogen) atoms. The summed E-state index contributed by atoms with van der Waals surface area (Å²) in [5.74, 6) is 0.181. The fraction of sp³-hybridized carbons (Fsp3) is 0.688. The molecular weight excluding hydrogens is 299 g/mol. The van der Waals surface area contributed by atoms with Crippen molar-refractivity contribution < 1.29 is 13.9 Å². The van der Waals surface area contributed by atoms with E-state index in [1.165, 1.54) is 6.33 Å². The number of rotatable bonds is 3. The van der Waals surface area contributed by atoms with Gasteiger partial charge in [0.05, 0.1) is 18.2 Å². The highest BCUT2D eigenvalue weighted by atomic mass is 19.1. The zero-order valence-corrected chi connectivity index (χ0v) is 13.5. The number of carbonyl (C=O) groups excluding carboxylic acids is 1. The molecule has 6 nitrogen and oxygen atoms in total. The highest BCUT2D eigenvalue weighted by Gasteiger charge is 2.29. The minimum atomic E-state index is -0.334. The summed E-state index contributed by atoms with van der Waals surface area (Å²) in [6, 6.07) is 0. The Bertz CT molecular complexity index is 563. The molecule has 0 aliphatic carbocycles. The molecule has 0 radical (unpaired) electrons. The molecule has 2 fully saturated rings. The number of amides is 1. The number of halogens is 1. The van der Waals surface area contributed by atoms with Gasteiger partial charge >= 0.3 is 0 Å². The van der Waals surface area contributed by atoms with E-state index in [1.807, 2.05) is 16.7 Å². The highest BCUT2D eigenvalue weighted by Crippen LogP contribution is 2.21. The third-order valence-electron chi connectivity index (χ3n) is 4.56. The molecule has 126 valence electrons. The standard InChI is InChI=1S/C16H23FN4O2/c1-2-13-14(17)15(19-11-18-13)20-5-3-6-21(8-7-20)16(22)12-4-9-23-10-12/h11-12H,2-10H2,1H3. The van der Waals surface area contributed by atoms with Crippen molar-refractivity contribution in [1.29, 1.82) is 0 Å². The van der Waals surface area contributed by atoms with Gasteiger partial charge in [0.1, 0.15) is 6.33 Å². The van der Waals surface area contributed by atoms with E-state index in [1.54, 1.807) is 0 Å². The van der Waals surface area contributed by atoms with Gasteiger partial charge in [-0.1, -0.05) is 6.92 Å². The van der Waals surface area contributed by atoms with E-state index in [2.05, 4.69) is 9.97 Å². The molecule has 2 aliphatic rings. The smallest absolute Gasteiger partial charge is 0.228 e. The van der Waals surface area contributed by atoms with Crippen LogP contribution in [0.5, 0.6) is 0 Å². The Morgan fingerprint density at radius 3 is 2.96 bits per heavy atom. The van der Waals surface area contributed by atoms with Crippen molar-refractivity contribution >= 4 is 11.7 Å². The van der Waals surface area contributed by atoms with Crippen molar-refractivity contribution in [1.82, 2.24) is 14.9 Å². The average Bonchev–Trinajstić information content (AvgIpc) is 3.00. The van der Waals surface area contributed by atoms with Crippen LogP contribution in [-0.4, -0.2) is 60.2 Å². The summed E-state index contributed by atoms with van der Waals surface area (Å²) < 4.78 is 19.7. The van der Waals surface area contributed by atoms with Gasteiger partial charge < -0.3 is 14.5 Å². The summed E-state index contributed by atoms with van der Waals surface area (Å²) in [4.78, 5) is 24.4. The summed E-state index contributed by atoms with van der Waals surface area (Å²) in [6.45, 7) is 5.67. The van der Waals surface area contributed by atoms with Gasteiger partial charge in [-0.3, -0.25) is 4.79 Å². The van der Waals surface area contributed by atoms with Gasteiger partial charge in [0, 0.05) is 32.8 Å². The van der Waals surface area contributed by atoms with Crippen molar-refractivity contribution in [2.45, 2.75) is 26.2 Å². The number of nitrogens with zero attached hydrogens (tertiary/aromatic N) is 4. The second-order valence-corrected chi connectivity index (χ2v) is 6.04. The quantitative estimate of drug-likeness (QED) is 0.838. The molecule has 0 N–H and O–H groups in total. The van der Waals surface area contributed by atoms with Crippen LogP contribution in [-0.2, 0) is 16.0 Å². The molecule has 0 spiro atoms. The van der Waals surface area contributed by atoms with Gasteiger partial charge in [-0.05, 0) is 19.3 Å². The Labute approximate surface area is 135 Å². The Balaban J connectivity index is 1.67. The summed E-state index contributed by atoms with van der Waals surface area (Å²) in [6.07, 6.45) is 3.58. The number of aromatic nitrogens is 2. The molecule has 0 saturated carbocycles. The first kappa shape index (κ1) is 16.1. The van der Waals surface area contributed by atoms with Crippen LogP contribution in [0.4, 0.5) is 10.2 Å². The van der Waals surface area contributed by atoms with Crippen LogP contribution in [0.3, 0.4) is 0 Å². The van der Waals surface area contributed by atoms with Gasteiger partial charge in [0.2, 0.25) is 5.91 Å². The monoisotopic (exact) mass is 322 g/mol. The van der Waals surface area contributed by atoms with Crippen LogP contribution in [0.2, 0.25) is 0 Å². The molecule has 0 bridgehead atoms. The van der Waals surface area contributed by atoms with E-state index in [9.17, 15) is 9.18 Å². The number of carbonyl (C=O) groups is 1. The van der Waals surface area contributed by atoms with Crippen LogP contribution in [0.15, 0.2) is 6.33 Å². The molecule has 1 atom stereocenters. The maximum absolute atomic E-state index is 14.4. The van der Waals surface area contributed by atoms with Crippen molar-refractivity contribution in [3.8, 4) is 0 Å². The molecule has 1 amide bonds. The van der Waals surface area contributed by atoms with Crippen LogP contribution in [0.1, 0.15) is 25.5 Å². The first-order valence-electron chi connectivity index (χ1n) is 8.31. The molecule has 1 aromatic heterocycles. The molecule has 3 heterocycles. The second-order valence-electron chi connectivity index (χ2n) is 6.04. The first-order chi connectivity index (χ1) is 11.2. The summed E-state index contributed by atoms with van der Waals surface area (Å²) in [7, 11) is 0. The largest absolute Gasteiger partial charge is 0.381 e. The van der Waals surface area contributed by atoms with Crippen LogP contribution < -0.4 is 4.90 Å². The number of ether oxygens (including phenoxy) is 1. The lowest BCUT2D eigenvalue weighted by Gasteiger charge is -2.24. The minimum Gasteiger partial charge on any atom is -0.381 e. The summed E-state index contributed by atoms with van der Waals surface area (Å²) in [5, 5.41) is 0. The first-order valence-corrected chi connectivity index (χ1v) is 8.31. The average molecular weight is 322 g/mol. The Morgan fingerprint density at radius 1 is 1.35 bits per heavy atom.